The van der Waals surface area contributed by atoms with Gasteiger partial charge in [-0.2, -0.15) is 4.98 Å². The van der Waals surface area contributed by atoms with Crippen LogP contribution in [0, 0.1) is 0 Å². The largest absolute Gasteiger partial charge is 0.609 e. The van der Waals surface area contributed by atoms with Crippen LogP contribution < -0.4 is 0 Å². The Balaban J connectivity index is 2.32. The number of aromatic nitrogens is 2. The van der Waals surface area contributed by atoms with Gasteiger partial charge >= 0.3 is 4.34 Å². The van der Waals surface area contributed by atoms with Gasteiger partial charge in [-0.1, -0.05) is 0 Å². The Labute approximate surface area is 93.5 Å². The van der Waals surface area contributed by atoms with E-state index in [1.165, 1.54) is 18.3 Å². The van der Waals surface area contributed by atoms with E-state index in [4.69, 9.17) is 0 Å². The Morgan fingerprint density at radius 3 is 3.13 bits per heavy atom. The first-order chi connectivity index (χ1) is 7.16. The van der Waals surface area contributed by atoms with Crippen LogP contribution in [0.1, 0.15) is 6.92 Å². The molecule has 0 bridgehead atoms. The van der Waals surface area contributed by atoms with E-state index in [9.17, 15) is 9.35 Å². The van der Waals surface area contributed by atoms with Gasteiger partial charge in [0, 0.05) is 17.4 Å². The van der Waals surface area contributed by atoms with Crippen molar-refractivity contribution in [1.82, 2.24) is 9.97 Å². The second-order valence-corrected chi connectivity index (χ2v) is 5.60. The second kappa shape index (κ2) is 4.26. The van der Waals surface area contributed by atoms with Crippen molar-refractivity contribution in [3.8, 4) is 0 Å². The fourth-order valence-electron chi connectivity index (χ4n) is 1.09. The number of carbonyl (C=O) groups is 1. The maximum Gasteiger partial charge on any atom is 0.304 e. The molecule has 2 rings (SSSR count). The van der Waals surface area contributed by atoms with Crippen molar-refractivity contribution >= 4 is 38.6 Å². The summed E-state index contributed by atoms with van der Waals surface area (Å²) in [6, 6.07) is 3.59. The number of ketones is 1. The summed E-state index contributed by atoms with van der Waals surface area (Å²) in [5.41, 5.74) is 0.731. The molecule has 0 radical (unpaired) electrons. The van der Waals surface area contributed by atoms with Crippen LogP contribution in [0.5, 0.6) is 0 Å². The van der Waals surface area contributed by atoms with Crippen molar-refractivity contribution in [2.45, 2.75) is 11.3 Å². The normalized spacial score (nSPS) is 12.9. The van der Waals surface area contributed by atoms with Gasteiger partial charge in [0.2, 0.25) is 0 Å². The molecule has 0 aliphatic rings. The first-order valence-electron chi connectivity index (χ1n) is 4.26. The lowest BCUT2D eigenvalue weighted by molar-refractivity contribution is -0.114. The molecule has 0 saturated heterocycles. The summed E-state index contributed by atoms with van der Waals surface area (Å²) in [5.74, 6) is -0.0691. The highest BCUT2D eigenvalue weighted by Gasteiger charge is 2.19. The average molecular weight is 240 g/mol. The summed E-state index contributed by atoms with van der Waals surface area (Å²) >= 11 is -0.0555. The molecule has 4 nitrogen and oxygen atoms in total. The highest BCUT2D eigenvalue weighted by Crippen LogP contribution is 2.23. The zero-order chi connectivity index (χ0) is 10.8. The van der Waals surface area contributed by atoms with Crippen molar-refractivity contribution in [3.63, 3.8) is 0 Å². The van der Waals surface area contributed by atoms with Gasteiger partial charge < -0.3 is 4.55 Å². The number of pyridine rings is 1. The zero-order valence-corrected chi connectivity index (χ0v) is 9.60. The van der Waals surface area contributed by atoms with Crippen LogP contribution in [0.3, 0.4) is 0 Å². The Kier molecular flexibility index (Phi) is 2.99. The summed E-state index contributed by atoms with van der Waals surface area (Å²) in [6.07, 6.45) is 1.66. The standard InChI is InChI=1S/C9H8N2O2S2/c1-6(12)5-15(13)9-11-7-3-2-4-10-8(7)14-9/h2-4H,5H2,1H3. The minimum Gasteiger partial charge on any atom is -0.609 e. The van der Waals surface area contributed by atoms with Crippen molar-refractivity contribution < 1.29 is 9.35 Å². The van der Waals surface area contributed by atoms with Gasteiger partial charge in [-0.15, -0.1) is 0 Å². The summed E-state index contributed by atoms with van der Waals surface area (Å²) in [4.78, 5) is 19.8. The first-order valence-corrected chi connectivity index (χ1v) is 6.40. The highest BCUT2D eigenvalue weighted by molar-refractivity contribution is 7.94. The van der Waals surface area contributed by atoms with Crippen molar-refractivity contribution in [2.75, 3.05) is 5.75 Å². The Morgan fingerprint density at radius 2 is 2.47 bits per heavy atom. The Morgan fingerprint density at radius 1 is 1.67 bits per heavy atom. The van der Waals surface area contributed by atoms with Gasteiger partial charge in [0.05, 0.1) is 0 Å². The summed E-state index contributed by atoms with van der Waals surface area (Å²) in [6.45, 7) is 1.42. The maximum atomic E-state index is 11.6. The lowest BCUT2D eigenvalue weighted by atomic mass is 10.5. The molecule has 1 unspecified atom stereocenters. The fraction of sp³-hybridized carbons (Fsp3) is 0.222. The number of carbonyl (C=O) groups excluding carboxylic acids is 1. The lowest BCUT2D eigenvalue weighted by Crippen LogP contribution is -2.12. The third kappa shape index (κ3) is 2.34. The van der Waals surface area contributed by atoms with Crippen LogP contribution >= 0.6 is 11.3 Å². The predicted octanol–water partition coefficient (Wildman–Crippen LogP) is 1.39. The number of thiazole rings is 1. The SMILES string of the molecule is CC(=O)C[S+]([O-])c1nc2cccnc2s1. The number of nitrogens with zero attached hydrogens (tertiary/aromatic N) is 2. The minimum absolute atomic E-state index is 0.0276. The molecule has 15 heavy (non-hydrogen) atoms. The molecule has 0 aromatic carbocycles. The van der Waals surface area contributed by atoms with E-state index in [-0.39, 0.29) is 11.5 Å². The Bertz CT molecular complexity index is 465. The van der Waals surface area contributed by atoms with Crippen LogP contribution in [0.25, 0.3) is 10.3 Å². The molecule has 0 aliphatic carbocycles. The molecule has 78 valence electrons. The average Bonchev–Trinajstić information content (AvgIpc) is 2.59. The molecule has 2 aromatic rings. The van der Waals surface area contributed by atoms with Gasteiger partial charge in [0.15, 0.2) is 11.5 Å². The molecule has 2 aromatic heterocycles. The van der Waals surface area contributed by atoms with E-state index in [1.807, 2.05) is 6.07 Å². The number of Topliss-reactive ketones (excluding diaryl/α,β-unsaturated/α-hetero) is 1. The van der Waals surface area contributed by atoms with Gasteiger partial charge in [-0.25, -0.2) is 4.98 Å². The van der Waals surface area contributed by atoms with E-state index in [0.29, 0.717) is 4.34 Å². The van der Waals surface area contributed by atoms with E-state index in [2.05, 4.69) is 9.97 Å². The summed E-state index contributed by atoms with van der Waals surface area (Å²) < 4.78 is 12.1. The van der Waals surface area contributed by atoms with E-state index in [1.54, 1.807) is 12.3 Å². The smallest absolute Gasteiger partial charge is 0.304 e. The molecule has 0 fully saturated rings. The zero-order valence-electron chi connectivity index (χ0n) is 7.97. The first kappa shape index (κ1) is 10.5. The summed E-state index contributed by atoms with van der Waals surface area (Å²) in [5, 5.41) is 0. The van der Waals surface area contributed by atoms with E-state index in [0.717, 1.165) is 10.3 Å². The maximum absolute atomic E-state index is 11.6. The van der Waals surface area contributed by atoms with Gasteiger partial charge in [0.25, 0.3) is 0 Å². The van der Waals surface area contributed by atoms with Crippen LogP contribution in [-0.2, 0) is 16.0 Å². The monoisotopic (exact) mass is 240 g/mol. The quantitative estimate of drug-likeness (QED) is 0.760. The molecular weight excluding hydrogens is 232 g/mol. The van der Waals surface area contributed by atoms with Gasteiger partial charge in [-0.05, 0) is 30.4 Å². The molecule has 0 aliphatic heterocycles. The second-order valence-electron chi connectivity index (χ2n) is 3.00. The number of fused-ring (bicyclic) bond motifs is 1. The molecule has 0 spiro atoms. The van der Waals surface area contributed by atoms with Crippen molar-refractivity contribution in [3.05, 3.63) is 18.3 Å². The van der Waals surface area contributed by atoms with Crippen molar-refractivity contribution in [1.29, 1.82) is 0 Å². The topological polar surface area (TPSA) is 65.9 Å². The van der Waals surface area contributed by atoms with Crippen LogP contribution in [0.4, 0.5) is 0 Å². The third-order valence-electron chi connectivity index (χ3n) is 1.68. The number of hydrogen-bond donors (Lipinski definition) is 0. The summed E-state index contributed by atoms with van der Waals surface area (Å²) in [7, 11) is 0. The van der Waals surface area contributed by atoms with Crippen molar-refractivity contribution in [2.24, 2.45) is 0 Å². The van der Waals surface area contributed by atoms with Crippen LogP contribution in [-0.4, -0.2) is 26.1 Å². The minimum atomic E-state index is -1.33. The van der Waals surface area contributed by atoms with Gasteiger partial charge in [-0.3, -0.25) is 4.79 Å². The lowest BCUT2D eigenvalue weighted by Gasteiger charge is -2.02. The molecule has 1 atom stereocenters. The molecule has 0 amide bonds. The number of hydrogen-bond acceptors (Lipinski definition) is 5. The molecule has 0 saturated carbocycles. The third-order valence-corrected chi connectivity index (χ3v) is 4.41. The van der Waals surface area contributed by atoms with E-state index < -0.39 is 11.2 Å². The van der Waals surface area contributed by atoms with Gasteiger partial charge in [0.1, 0.15) is 10.3 Å². The van der Waals surface area contributed by atoms with Crippen LogP contribution in [0.15, 0.2) is 22.7 Å². The fourth-order valence-corrected chi connectivity index (χ4v) is 3.21. The molecular formula is C9H8N2O2S2. The van der Waals surface area contributed by atoms with Crippen LogP contribution in [0.2, 0.25) is 0 Å². The van der Waals surface area contributed by atoms with E-state index >= 15 is 0 Å². The Hall–Kier alpha value is -0.980. The molecule has 6 heteroatoms. The predicted molar refractivity (Wildman–Crippen MR) is 59.4 cm³/mol. The molecule has 0 N–H and O–H groups in total. The molecule has 2 heterocycles. The number of rotatable bonds is 3. The highest BCUT2D eigenvalue weighted by atomic mass is 32.2.